The molecule has 2 aromatic heterocycles. The van der Waals surface area contributed by atoms with E-state index in [1.165, 1.54) is 42.9 Å². The van der Waals surface area contributed by atoms with E-state index in [2.05, 4.69) is 15.3 Å². The van der Waals surface area contributed by atoms with Crippen LogP contribution in [0.25, 0.3) is 22.4 Å². The zero-order valence-corrected chi connectivity index (χ0v) is 19.4. The second kappa shape index (κ2) is 10.0. The molecule has 0 aliphatic rings. The van der Waals surface area contributed by atoms with Gasteiger partial charge in [0.2, 0.25) is 5.91 Å². The van der Waals surface area contributed by atoms with E-state index in [-0.39, 0.29) is 33.5 Å². The van der Waals surface area contributed by atoms with Crippen LogP contribution in [-0.2, 0) is 25.3 Å². The summed E-state index contributed by atoms with van der Waals surface area (Å²) in [5, 5.41) is 3.29. The Hall–Kier alpha value is -3.79. The third-order valence-electron chi connectivity index (χ3n) is 5.29. The van der Waals surface area contributed by atoms with E-state index in [1.807, 2.05) is 30.3 Å². The fourth-order valence-corrected chi connectivity index (χ4v) is 4.28. The first-order chi connectivity index (χ1) is 16.3. The highest BCUT2D eigenvalue weighted by atomic mass is 32.2. The third kappa shape index (κ3) is 4.91. The van der Waals surface area contributed by atoms with Crippen molar-refractivity contribution in [2.45, 2.75) is 11.4 Å². The van der Waals surface area contributed by atoms with Crippen LogP contribution in [0.1, 0.15) is 5.56 Å². The molecule has 1 N–H and O–H groups in total. The molecule has 2 heterocycles. The normalized spacial score (nSPS) is 11.0. The van der Waals surface area contributed by atoms with Crippen molar-refractivity contribution < 1.29 is 9.18 Å². The Bertz CT molecular complexity index is 1470. The second-order valence-electron chi connectivity index (χ2n) is 7.64. The fraction of sp³-hybridized carbons (Fsp3) is 0.208. The molecule has 0 aliphatic carbocycles. The molecule has 34 heavy (non-hydrogen) atoms. The lowest BCUT2D eigenvalue weighted by atomic mass is 10.1. The topological polar surface area (TPSA) is 98.9 Å². The van der Waals surface area contributed by atoms with Crippen LogP contribution in [-0.4, -0.2) is 37.3 Å². The van der Waals surface area contributed by atoms with Crippen molar-refractivity contribution >= 4 is 28.7 Å². The molecule has 1 amide bonds. The summed E-state index contributed by atoms with van der Waals surface area (Å²) in [5.41, 5.74) is 0.706. The van der Waals surface area contributed by atoms with Gasteiger partial charge in [-0.25, -0.2) is 19.2 Å². The van der Waals surface area contributed by atoms with E-state index in [9.17, 15) is 18.8 Å². The van der Waals surface area contributed by atoms with Crippen LogP contribution in [0.5, 0.6) is 0 Å². The highest BCUT2D eigenvalue weighted by Gasteiger charge is 2.19. The first kappa shape index (κ1) is 23.4. The summed E-state index contributed by atoms with van der Waals surface area (Å²) in [6, 6.07) is 15.4. The molecule has 0 aliphatic heterocycles. The maximum atomic E-state index is 13.4. The van der Waals surface area contributed by atoms with Crippen LogP contribution in [0.15, 0.2) is 69.2 Å². The predicted octanol–water partition coefficient (Wildman–Crippen LogP) is 2.28. The van der Waals surface area contributed by atoms with Crippen LogP contribution in [0.4, 0.5) is 4.39 Å². The first-order valence-electron chi connectivity index (χ1n) is 10.5. The first-order valence-corrected chi connectivity index (χ1v) is 11.5. The Morgan fingerprint density at radius 3 is 2.41 bits per heavy atom. The molecule has 8 nitrogen and oxygen atoms in total. The Morgan fingerprint density at radius 1 is 1.00 bits per heavy atom. The van der Waals surface area contributed by atoms with E-state index in [0.717, 1.165) is 21.9 Å². The molecule has 0 unspecified atom stereocenters. The van der Waals surface area contributed by atoms with Gasteiger partial charge in [0.1, 0.15) is 16.2 Å². The molecule has 0 saturated carbocycles. The lowest BCUT2D eigenvalue weighted by Gasteiger charge is -2.12. The van der Waals surface area contributed by atoms with Gasteiger partial charge in [0.15, 0.2) is 11.5 Å². The Labute approximate surface area is 198 Å². The van der Waals surface area contributed by atoms with Crippen molar-refractivity contribution in [3.63, 3.8) is 0 Å². The zero-order chi connectivity index (χ0) is 24.2. The quantitative estimate of drug-likeness (QED) is 0.323. The summed E-state index contributed by atoms with van der Waals surface area (Å²) in [6.45, 7) is 0.477. The predicted molar refractivity (Wildman–Crippen MR) is 129 cm³/mol. The number of amides is 1. The standard InChI is InChI=1S/C24H22FN5O3S/c1-29-21-19(23(32)30(2)24(29)33)22(28-20(27-21)16-8-10-17(25)11-9-16)34-14-18(31)26-13-12-15-6-4-3-5-7-15/h3-11H,12-14H2,1-2H3,(H,26,31). The minimum atomic E-state index is -0.546. The minimum absolute atomic E-state index is 0.0236. The van der Waals surface area contributed by atoms with Gasteiger partial charge in [-0.2, -0.15) is 0 Å². The number of benzene rings is 2. The Morgan fingerprint density at radius 2 is 1.71 bits per heavy atom. The smallest absolute Gasteiger partial charge is 0.332 e. The van der Waals surface area contributed by atoms with Gasteiger partial charge < -0.3 is 5.32 Å². The average Bonchev–Trinajstić information content (AvgIpc) is 2.85. The molecule has 0 spiro atoms. The molecule has 0 saturated heterocycles. The largest absolute Gasteiger partial charge is 0.355 e. The summed E-state index contributed by atoms with van der Waals surface area (Å²) < 4.78 is 15.6. The highest BCUT2D eigenvalue weighted by molar-refractivity contribution is 8.00. The molecule has 0 radical (unpaired) electrons. The SMILES string of the molecule is Cn1c(=O)c2c(SCC(=O)NCCc3ccccc3)nc(-c3ccc(F)cc3)nc2n(C)c1=O. The number of hydrogen-bond donors (Lipinski definition) is 1. The number of nitrogens with one attached hydrogen (secondary N) is 1. The summed E-state index contributed by atoms with van der Waals surface area (Å²) in [6.07, 6.45) is 0.699. The number of carbonyl (C=O) groups is 1. The van der Waals surface area contributed by atoms with Crippen LogP contribution in [0, 0.1) is 5.82 Å². The minimum Gasteiger partial charge on any atom is -0.355 e. The Balaban J connectivity index is 1.63. The Kier molecular flexibility index (Phi) is 6.87. The van der Waals surface area contributed by atoms with Crippen LogP contribution in [0.3, 0.4) is 0 Å². The van der Waals surface area contributed by atoms with Crippen molar-refractivity contribution in [1.82, 2.24) is 24.4 Å². The number of fused-ring (bicyclic) bond motifs is 1. The summed E-state index contributed by atoms with van der Waals surface area (Å²) in [4.78, 5) is 46.7. The van der Waals surface area contributed by atoms with Gasteiger partial charge in [-0.15, -0.1) is 0 Å². The molecule has 174 valence electrons. The van der Waals surface area contributed by atoms with Gasteiger partial charge in [-0.05, 0) is 36.2 Å². The highest BCUT2D eigenvalue weighted by Crippen LogP contribution is 2.26. The molecule has 2 aromatic carbocycles. The molecule has 10 heteroatoms. The van der Waals surface area contributed by atoms with E-state index in [1.54, 1.807) is 0 Å². The molecular weight excluding hydrogens is 457 g/mol. The summed E-state index contributed by atoms with van der Waals surface area (Å²) in [7, 11) is 2.89. The van der Waals surface area contributed by atoms with E-state index >= 15 is 0 Å². The van der Waals surface area contributed by atoms with Gasteiger partial charge >= 0.3 is 5.69 Å². The molecule has 0 atom stereocenters. The van der Waals surface area contributed by atoms with Gasteiger partial charge in [0.05, 0.1) is 5.75 Å². The van der Waals surface area contributed by atoms with Gasteiger partial charge in [-0.1, -0.05) is 42.1 Å². The van der Waals surface area contributed by atoms with Crippen molar-refractivity contribution in [1.29, 1.82) is 0 Å². The maximum Gasteiger partial charge on any atom is 0.332 e. The summed E-state index contributed by atoms with van der Waals surface area (Å²) >= 11 is 1.09. The van der Waals surface area contributed by atoms with Crippen molar-refractivity contribution in [3.8, 4) is 11.4 Å². The molecule has 4 aromatic rings. The number of rotatable bonds is 7. The average molecular weight is 480 g/mol. The van der Waals surface area contributed by atoms with Gasteiger partial charge in [0.25, 0.3) is 5.56 Å². The van der Waals surface area contributed by atoms with E-state index in [4.69, 9.17) is 0 Å². The van der Waals surface area contributed by atoms with E-state index < -0.39 is 17.1 Å². The second-order valence-corrected chi connectivity index (χ2v) is 8.60. The van der Waals surface area contributed by atoms with Crippen LogP contribution in [0.2, 0.25) is 0 Å². The van der Waals surface area contributed by atoms with Crippen molar-refractivity contribution in [2.75, 3.05) is 12.3 Å². The number of hydrogen-bond acceptors (Lipinski definition) is 6. The molecule has 4 rings (SSSR count). The number of carbonyl (C=O) groups excluding carboxylic acids is 1. The van der Waals surface area contributed by atoms with Crippen molar-refractivity contribution in [3.05, 3.63) is 86.8 Å². The zero-order valence-electron chi connectivity index (χ0n) is 18.6. The number of nitrogens with zero attached hydrogens (tertiary/aromatic N) is 4. The number of halogens is 1. The number of thioether (sulfide) groups is 1. The molecule has 0 bridgehead atoms. The van der Waals surface area contributed by atoms with Gasteiger partial charge in [0, 0.05) is 26.2 Å². The molecular formula is C24H22FN5O3S. The van der Waals surface area contributed by atoms with Crippen LogP contribution >= 0.6 is 11.8 Å². The third-order valence-corrected chi connectivity index (χ3v) is 6.26. The number of aromatic nitrogens is 4. The lowest BCUT2D eigenvalue weighted by molar-refractivity contribution is -0.118. The van der Waals surface area contributed by atoms with Crippen molar-refractivity contribution in [2.24, 2.45) is 14.1 Å². The van der Waals surface area contributed by atoms with Gasteiger partial charge in [-0.3, -0.25) is 18.7 Å². The number of aryl methyl sites for hydroxylation is 1. The monoisotopic (exact) mass is 479 g/mol. The lowest BCUT2D eigenvalue weighted by Crippen LogP contribution is -2.37. The molecule has 0 fully saturated rings. The summed E-state index contributed by atoms with van der Waals surface area (Å²) in [5.74, 6) is -0.372. The fourth-order valence-electron chi connectivity index (χ4n) is 3.44. The van der Waals surface area contributed by atoms with Crippen LogP contribution < -0.4 is 16.6 Å². The van der Waals surface area contributed by atoms with E-state index in [0.29, 0.717) is 18.5 Å². The maximum absolute atomic E-state index is 13.4.